The maximum atomic E-state index is 12.6. The highest BCUT2D eigenvalue weighted by atomic mass is 19.4. The maximum absolute atomic E-state index is 12.6. The second kappa shape index (κ2) is 4.25. The molecular formula is C10H4F6N3. The van der Waals surface area contributed by atoms with Gasteiger partial charge in [0.15, 0.2) is 5.84 Å². The minimum Gasteiger partial charge on any atom is -0.213 e. The van der Waals surface area contributed by atoms with Gasteiger partial charge in [-0.15, -0.1) is 10.5 Å². The first kappa shape index (κ1) is 13.4. The van der Waals surface area contributed by atoms with E-state index in [1.165, 1.54) is 0 Å². The lowest BCUT2D eigenvalue weighted by molar-refractivity contribution is -0.143. The average molecular weight is 280 g/mol. The predicted octanol–water partition coefficient (Wildman–Crippen LogP) is 3.03. The van der Waals surface area contributed by atoms with Crippen molar-refractivity contribution in [2.24, 2.45) is 10.1 Å². The Morgan fingerprint density at radius 2 is 1.32 bits per heavy atom. The van der Waals surface area contributed by atoms with Gasteiger partial charge in [0.1, 0.15) is 6.34 Å². The Morgan fingerprint density at radius 3 is 1.68 bits per heavy atom. The summed E-state index contributed by atoms with van der Waals surface area (Å²) in [5.41, 5.74) is 0.0400. The molecule has 0 saturated heterocycles. The van der Waals surface area contributed by atoms with E-state index in [-0.39, 0.29) is 17.5 Å². The lowest BCUT2D eigenvalue weighted by atomic mass is 10.0. The van der Waals surface area contributed by atoms with E-state index in [9.17, 15) is 26.3 Å². The van der Waals surface area contributed by atoms with Crippen molar-refractivity contribution in [2.75, 3.05) is 0 Å². The maximum Gasteiger partial charge on any atom is 0.416 e. The third-order valence-electron chi connectivity index (χ3n) is 2.23. The van der Waals surface area contributed by atoms with Gasteiger partial charge >= 0.3 is 12.4 Å². The standard InChI is InChI=1S/C10H4F6N3/c11-9(12,13)6-1-5(8-17-4-18-19-8)2-7(3-6)10(14,15)16/h1-4H. The van der Waals surface area contributed by atoms with Crippen molar-refractivity contribution in [1.82, 2.24) is 5.43 Å². The molecule has 0 N–H and O–H groups in total. The van der Waals surface area contributed by atoms with Gasteiger partial charge in [-0.1, -0.05) is 0 Å². The van der Waals surface area contributed by atoms with Gasteiger partial charge in [-0.2, -0.15) is 26.3 Å². The molecule has 1 aliphatic rings. The number of nitrogens with zero attached hydrogens (tertiary/aromatic N) is 3. The third kappa shape index (κ3) is 2.85. The number of benzene rings is 1. The fraction of sp³-hybridized carbons (Fsp3) is 0.200. The first-order chi connectivity index (χ1) is 8.68. The topological polar surface area (TPSA) is 38.8 Å². The zero-order chi connectivity index (χ0) is 14.3. The molecule has 0 bridgehead atoms. The molecule has 1 aromatic carbocycles. The number of aliphatic imine (C=N–C) groups is 1. The minimum atomic E-state index is -4.89. The summed E-state index contributed by atoms with van der Waals surface area (Å²) in [5.74, 6) is -0.295. The molecule has 101 valence electrons. The van der Waals surface area contributed by atoms with Crippen LogP contribution in [0.5, 0.6) is 0 Å². The molecule has 0 atom stereocenters. The summed E-state index contributed by atoms with van der Waals surface area (Å²) in [7, 11) is 0. The van der Waals surface area contributed by atoms with Crippen molar-refractivity contribution < 1.29 is 26.3 Å². The smallest absolute Gasteiger partial charge is 0.213 e. The van der Waals surface area contributed by atoms with Gasteiger partial charge in [0, 0.05) is 5.56 Å². The van der Waals surface area contributed by atoms with Gasteiger partial charge in [-0.3, -0.25) is 0 Å². The minimum absolute atomic E-state index is 0.0415. The van der Waals surface area contributed by atoms with Gasteiger partial charge in [0.05, 0.1) is 11.1 Å². The highest BCUT2D eigenvalue weighted by Gasteiger charge is 2.37. The summed E-state index contributed by atoms with van der Waals surface area (Å²) in [6, 6.07) is 1.14. The molecule has 1 radical (unpaired) electrons. The Bertz CT molecular complexity index is 523. The summed E-state index contributed by atoms with van der Waals surface area (Å²) in [4.78, 5) is 3.48. The average Bonchev–Trinajstić information content (AvgIpc) is 2.79. The molecule has 3 nitrogen and oxygen atoms in total. The molecule has 0 saturated carbocycles. The van der Waals surface area contributed by atoms with E-state index in [4.69, 9.17) is 0 Å². The van der Waals surface area contributed by atoms with Crippen LogP contribution >= 0.6 is 0 Å². The van der Waals surface area contributed by atoms with E-state index >= 15 is 0 Å². The quantitative estimate of drug-likeness (QED) is 0.709. The van der Waals surface area contributed by atoms with E-state index in [0.29, 0.717) is 12.1 Å². The van der Waals surface area contributed by atoms with Crippen molar-refractivity contribution >= 4 is 12.2 Å². The molecule has 1 heterocycles. The van der Waals surface area contributed by atoms with Gasteiger partial charge in [0.2, 0.25) is 0 Å². The predicted molar refractivity (Wildman–Crippen MR) is 53.6 cm³/mol. The van der Waals surface area contributed by atoms with Crippen LogP contribution in [0.25, 0.3) is 0 Å². The number of halogens is 6. The fourth-order valence-electron chi connectivity index (χ4n) is 1.40. The van der Waals surface area contributed by atoms with E-state index in [1.54, 1.807) is 0 Å². The van der Waals surface area contributed by atoms with Crippen LogP contribution in [0.15, 0.2) is 28.3 Å². The Balaban J connectivity index is 2.59. The molecule has 0 amide bonds. The van der Waals surface area contributed by atoms with Crippen LogP contribution in [0.2, 0.25) is 0 Å². The number of alkyl halides is 6. The molecule has 0 aromatic heterocycles. The van der Waals surface area contributed by atoms with Crippen molar-refractivity contribution in [1.29, 1.82) is 0 Å². The van der Waals surface area contributed by atoms with Crippen LogP contribution in [0.3, 0.4) is 0 Å². The first-order valence-electron chi connectivity index (χ1n) is 4.78. The lowest BCUT2D eigenvalue weighted by Crippen LogP contribution is -2.13. The van der Waals surface area contributed by atoms with E-state index < -0.39 is 23.5 Å². The van der Waals surface area contributed by atoms with Crippen molar-refractivity contribution in [3.05, 3.63) is 34.9 Å². The third-order valence-corrected chi connectivity index (χ3v) is 2.23. The summed E-state index contributed by atoms with van der Waals surface area (Å²) in [6.45, 7) is 0. The van der Waals surface area contributed by atoms with Gasteiger partial charge in [0.25, 0.3) is 0 Å². The molecule has 0 aliphatic carbocycles. The van der Waals surface area contributed by atoms with Crippen LogP contribution in [-0.4, -0.2) is 12.2 Å². The Labute approximate surface area is 102 Å². The number of hydrogen-bond donors (Lipinski definition) is 0. The summed E-state index contributed by atoms with van der Waals surface area (Å²) in [5, 5.41) is 3.34. The van der Waals surface area contributed by atoms with Crippen molar-refractivity contribution in [3.63, 3.8) is 0 Å². The highest BCUT2D eigenvalue weighted by Crippen LogP contribution is 2.36. The molecule has 9 heteroatoms. The Morgan fingerprint density at radius 1 is 0.789 bits per heavy atom. The monoisotopic (exact) mass is 280 g/mol. The van der Waals surface area contributed by atoms with Crippen LogP contribution in [0.1, 0.15) is 16.7 Å². The number of hydrogen-bond acceptors (Lipinski definition) is 2. The zero-order valence-corrected chi connectivity index (χ0v) is 8.92. The highest BCUT2D eigenvalue weighted by molar-refractivity contribution is 6.05. The van der Waals surface area contributed by atoms with E-state index in [1.807, 2.05) is 0 Å². The lowest BCUT2D eigenvalue weighted by Gasteiger charge is -2.13. The largest absolute Gasteiger partial charge is 0.416 e. The summed E-state index contributed by atoms with van der Waals surface area (Å²) >= 11 is 0. The van der Waals surface area contributed by atoms with Crippen LogP contribution < -0.4 is 5.43 Å². The zero-order valence-electron chi connectivity index (χ0n) is 8.92. The molecule has 19 heavy (non-hydrogen) atoms. The van der Waals surface area contributed by atoms with Crippen molar-refractivity contribution in [3.8, 4) is 0 Å². The van der Waals surface area contributed by atoms with Gasteiger partial charge in [-0.05, 0) is 18.2 Å². The first-order valence-corrected chi connectivity index (χ1v) is 4.78. The van der Waals surface area contributed by atoms with Gasteiger partial charge in [-0.25, -0.2) is 4.99 Å². The molecule has 1 aromatic rings. The van der Waals surface area contributed by atoms with Crippen LogP contribution in [0, 0.1) is 0 Å². The second-order valence-corrected chi connectivity index (χ2v) is 3.58. The SMILES string of the molecule is FC(F)(F)c1cc(C2=N[N]C=N2)cc(C(F)(F)F)c1. The summed E-state index contributed by atoms with van der Waals surface area (Å²) in [6.07, 6.45) is -8.85. The fourth-order valence-corrected chi connectivity index (χ4v) is 1.40. The molecule has 2 rings (SSSR count). The van der Waals surface area contributed by atoms with E-state index in [2.05, 4.69) is 15.5 Å². The van der Waals surface area contributed by atoms with Crippen LogP contribution in [-0.2, 0) is 12.4 Å². The number of rotatable bonds is 1. The molecule has 0 unspecified atom stereocenters. The van der Waals surface area contributed by atoms with Crippen LogP contribution in [0.4, 0.5) is 26.3 Å². The Kier molecular flexibility index (Phi) is 2.99. The van der Waals surface area contributed by atoms with Crippen molar-refractivity contribution in [2.45, 2.75) is 12.4 Å². The molecule has 0 fully saturated rings. The Hall–Kier alpha value is -2.06. The molecular weight excluding hydrogens is 276 g/mol. The van der Waals surface area contributed by atoms with Gasteiger partial charge < -0.3 is 0 Å². The molecule has 0 spiro atoms. The molecule has 1 aliphatic heterocycles. The second-order valence-electron chi connectivity index (χ2n) is 3.58. The number of amidine groups is 1. The summed E-state index contributed by atoms with van der Waals surface area (Å²) < 4.78 is 75.3. The van der Waals surface area contributed by atoms with E-state index in [0.717, 1.165) is 6.34 Å². The normalized spacial score (nSPS) is 15.4.